The van der Waals surface area contributed by atoms with Crippen molar-refractivity contribution in [2.24, 2.45) is 5.92 Å². The summed E-state index contributed by atoms with van der Waals surface area (Å²) >= 11 is 0. The Morgan fingerprint density at radius 3 is 2.94 bits per heavy atom. The number of carboxylic acid groups (broad SMARTS) is 1. The van der Waals surface area contributed by atoms with Crippen molar-refractivity contribution in [1.82, 2.24) is 10.3 Å². The summed E-state index contributed by atoms with van der Waals surface area (Å²) in [4.78, 5) is 13.8. The Labute approximate surface area is 108 Å². The van der Waals surface area contributed by atoms with E-state index in [1.165, 1.54) is 0 Å². The fourth-order valence-electron chi connectivity index (χ4n) is 1.53. The maximum atomic E-state index is 10.8. The van der Waals surface area contributed by atoms with Crippen molar-refractivity contribution in [3.63, 3.8) is 0 Å². The number of aromatic carboxylic acids is 1. The van der Waals surface area contributed by atoms with E-state index < -0.39 is 5.97 Å². The maximum Gasteiger partial charge on any atom is 0.337 e. The van der Waals surface area contributed by atoms with E-state index in [2.05, 4.69) is 24.1 Å². The third kappa shape index (κ3) is 5.33. The van der Waals surface area contributed by atoms with Gasteiger partial charge in [-0.1, -0.05) is 13.8 Å². The second-order valence-corrected chi connectivity index (χ2v) is 4.65. The third-order valence-corrected chi connectivity index (χ3v) is 2.63. The van der Waals surface area contributed by atoms with Crippen LogP contribution in [0, 0.1) is 5.92 Å². The third-order valence-electron chi connectivity index (χ3n) is 2.63. The van der Waals surface area contributed by atoms with E-state index in [4.69, 9.17) is 9.84 Å². The topological polar surface area (TPSA) is 74.3 Å². The Morgan fingerprint density at radius 2 is 2.28 bits per heavy atom. The van der Waals surface area contributed by atoms with Crippen LogP contribution in [-0.4, -0.2) is 35.8 Å². The largest absolute Gasteiger partial charge is 0.478 e. The van der Waals surface area contributed by atoms with Gasteiger partial charge in [0.1, 0.15) is 0 Å². The van der Waals surface area contributed by atoms with E-state index in [0.29, 0.717) is 30.3 Å². The van der Waals surface area contributed by atoms with E-state index in [0.717, 1.165) is 19.6 Å². The molecule has 1 rings (SSSR count). The van der Waals surface area contributed by atoms with Gasteiger partial charge in [0.25, 0.3) is 0 Å². The van der Waals surface area contributed by atoms with Gasteiger partial charge in [-0.25, -0.2) is 4.79 Å². The Balaban J connectivity index is 2.11. The monoisotopic (exact) mass is 254 g/mol. The summed E-state index contributed by atoms with van der Waals surface area (Å²) in [5.74, 6) is -0.240. The zero-order chi connectivity index (χ0) is 13.4. The molecule has 0 aliphatic carbocycles. The first-order valence-corrected chi connectivity index (χ1v) is 6.29. The van der Waals surface area contributed by atoms with Crippen LogP contribution in [0.3, 0.4) is 0 Å². The van der Waals surface area contributed by atoms with Crippen molar-refractivity contribution in [2.75, 3.05) is 19.8 Å². The van der Waals surface area contributed by atoms with Gasteiger partial charge < -0.3 is 20.1 Å². The van der Waals surface area contributed by atoms with E-state index in [1.807, 2.05) is 0 Å². The van der Waals surface area contributed by atoms with Crippen LogP contribution in [0.5, 0.6) is 0 Å². The molecule has 3 N–H and O–H groups in total. The normalized spacial score (nSPS) is 11.1. The zero-order valence-electron chi connectivity index (χ0n) is 11.0. The van der Waals surface area contributed by atoms with Crippen molar-refractivity contribution < 1.29 is 14.6 Å². The summed E-state index contributed by atoms with van der Waals surface area (Å²) in [6.07, 6.45) is 2.71. The van der Waals surface area contributed by atoms with Crippen LogP contribution >= 0.6 is 0 Å². The van der Waals surface area contributed by atoms with Crippen LogP contribution in [0.15, 0.2) is 12.3 Å². The van der Waals surface area contributed by atoms with Gasteiger partial charge in [-0.3, -0.25) is 0 Å². The highest BCUT2D eigenvalue weighted by molar-refractivity contribution is 5.88. The zero-order valence-corrected chi connectivity index (χ0v) is 11.0. The molecule has 0 bridgehead atoms. The number of carboxylic acids is 1. The molecule has 0 unspecified atom stereocenters. The second kappa shape index (κ2) is 7.89. The Bertz CT molecular complexity index is 361. The summed E-state index contributed by atoms with van der Waals surface area (Å²) in [6.45, 7) is 7.00. The molecule has 0 fully saturated rings. The predicted octanol–water partition coefficient (Wildman–Crippen LogP) is 1.87. The van der Waals surface area contributed by atoms with Crippen LogP contribution in [0.1, 0.15) is 36.3 Å². The van der Waals surface area contributed by atoms with Crippen LogP contribution in [0.4, 0.5) is 0 Å². The minimum absolute atomic E-state index is 0.322. The van der Waals surface area contributed by atoms with E-state index in [-0.39, 0.29) is 0 Å². The lowest BCUT2D eigenvalue weighted by Crippen LogP contribution is -2.21. The molecule has 1 heterocycles. The highest BCUT2D eigenvalue weighted by atomic mass is 16.5. The number of aromatic amines is 1. The van der Waals surface area contributed by atoms with Gasteiger partial charge in [-0.2, -0.15) is 0 Å². The van der Waals surface area contributed by atoms with Crippen molar-refractivity contribution >= 4 is 5.97 Å². The highest BCUT2D eigenvalue weighted by Gasteiger charge is 2.09. The fourth-order valence-corrected chi connectivity index (χ4v) is 1.53. The van der Waals surface area contributed by atoms with E-state index in [9.17, 15) is 4.79 Å². The van der Waals surface area contributed by atoms with Crippen LogP contribution in [0.25, 0.3) is 0 Å². The number of aromatic nitrogens is 1. The molecular formula is C13H22N2O3. The standard InChI is InChI=1S/C13H22N2O3/c1-10(2)4-7-18-8-6-14-9-12-11(13(16)17)3-5-15-12/h3,5,10,14-15H,4,6-9H2,1-2H3,(H,16,17). The molecule has 0 saturated carbocycles. The summed E-state index contributed by atoms with van der Waals surface area (Å²) in [5.41, 5.74) is 1.02. The molecule has 0 aliphatic rings. The summed E-state index contributed by atoms with van der Waals surface area (Å²) in [6, 6.07) is 1.57. The number of rotatable bonds is 9. The van der Waals surface area contributed by atoms with E-state index >= 15 is 0 Å². The quantitative estimate of drug-likeness (QED) is 0.588. The number of ether oxygens (including phenoxy) is 1. The summed E-state index contributed by atoms with van der Waals surface area (Å²) in [7, 11) is 0. The van der Waals surface area contributed by atoms with Crippen molar-refractivity contribution in [2.45, 2.75) is 26.8 Å². The number of hydrogen-bond acceptors (Lipinski definition) is 3. The van der Waals surface area contributed by atoms with Gasteiger partial charge in [0, 0.05) is 31.6 Å². The maximum absolute atomic E-state index is 10.8. The second-order valence-electron chi connectivity index (χ2n) is 4.65. The van der Waals surface area contributed by atoms with Gasteiger partial charge in [-0.15, -0.1) is 0 Å². The Morgan fingerprint density at radius 1 is 1.50 bits per heavy atom. The summed E-state index contributed by atoms with van der Waals surface area (Å²) < 4.78 is 5.45. The average Bonchev–Trinajstić information content (AvgIpc) is 2.75. The lowest BCUT2D eigenvalue weighted by molar-refractivity contribution is 0.0695. The number of carbonyl (C=O) groups is 1. The molecule has 0 atom stereocenters. The first-order valence-electron chi connectivity index (χ1n) is 6.29. The first-order chi connectivity index (χ1) is 8.61. The van der Waals surface area contributed by atoms with Crippen molar-refractivity contribution in [1.29, 1.82) is 0 Å². The molecule has 1 aromatic rings. The number of hydrogen-bond donors (Lipinski definition) is 3. The smallest absolute Gasteiger partial charge is 0.337 e. The molecule has 0 amide bonds. The van der Waals surface area contributed by atoms with Crippen LogP contribution in [0.2, 0.25) is 0 Å². The molecule has 102 valence electrons. The van der Waals surface area contributed by atoms with Crippen molar-refractivity contribution in [3.8, 4) is 0 Å². The molecule has 5 heteroatoms. The number of H-pyrrole nitrogens is 1. The van der Waals surface area contributed by atoms with Gasteiger partial charge in [0.2, 0.25) is 0 Å². The molecule has 0 radical (unpaired) electrons. The predicted molar refractivity (Wildman–Crippen MR) is 69.7 cm³/mol. The van der Waals surface area contributed by atoms with Crippen molar-refractivity contribution in [3.05, 3.63) is 23.5 Å². The van der Waals surface area contributed by atoms with Gasteiger partial charge in [0.05, 0.1) is 12.2 Å². The van der Waals surface area contributed by atoms with Crippen LogP contribution in [-0.2, 0) is 11.3 Å². The SMILES string of the molecule is CC(C)CCOCCNCc1[nH]ccc1C(=O)O. The molecular weight excluding hydrogens is 232 g/mol. The molecule has 0 saturated heterocycles. The minimum Gasteiger partial charge on any atom is -0.478 e. The Kier molecular flexibility index (Phi) is 6.46. The van der Waals surface area contributed by atoms with Crippen LogP contribution < -0.4 is 5.32 Å². The Hall–Kier alpha value is -1.33. The summed E-state index contributed by atoms with van der Waals surface area (Å²) in [5, 5.41) is 12.1. The molecule has 0 spiro atoms. The van der Waals surface area contributed by atoms with Gasteiger partial charge in [-0.05, 0) is 18.4 Å². The lowest BCUT2D eigenvalue weighted by Gasteiger charge is -2.07. The first kappa shape index (κ1) is 14.7. The van der Waals surface area contributed by atoms with Gasteiger partial charge >= 0.3 is 5.97 Å². The molecule has 0 aromatic carbocycles. The lowest BCUT2D eigenvalue weighted by atomic mass is 10.1. The highest BCUT2D eigenvalue weighted by Crippen LogP contribution is 2.05. The molecule has 1 aromatic heterocycles. The molecule has 0 aliphatic heterocycles. The molecule has 5 nitrogen and oxygen atoms in total. The van der Waals surface area contributed by atoms with E-state index in [1.54, 1.807) is 12.3 Å². The minimum atomic E-state index is -0.902. The van der Waals surface area contributed by atoms with Gasteiger partial charge in [0.15, 0.2) is 0 Å². The average molecular weight is 254 g/mol. The number of nitrogens with one attached hydrogen (secondary N) is 2. The fraction of sp³-hybridized carbons (Fsp3) is 0.615. The molecule has 18 heavy (non-hydrogen) atoms.